The highest BCUT2D eigenvalue weighted by molar-refractivity contribution is 5.75. The average molecular weight is 188 g/mol. The molecule has 0 aliphatic rings. The van der Waals surface area contributed by atoms with E-state index in [2.05, 4.69) is 0 Å². The van der Waals surface area contributed by atoms with E-state index in [4.69, 9.17) is 9.84 Å². The van der Waals surface area contributed by atoms with Crippen molar-refractivity contribution in [1.29, 1.82) is 0 Å². The van der Waals surface area contributed by atoms with Crippen LogP contribution in [0.15, 0.2) is 0 Å². The van der Waals surface area contributed by atoms with Crippen molar-refractivity contribution >= 4 is 11.9 Å². The zero-order valence-electron chi connectivity index (χ0n) is 8.29. The quantitative estimate of drug-likeness (QED) is 0.663. The number of carboxylic acids is 1. The number of hydrogen-bond donors (Lipinski definition) is 1. The third-order valence-corrected chi connectivity index (χ3v) is 1.63. The molecule has 0 atom stereocenters. The van der Waals surface area contributed by atoms with Crippen LogP contribution in [-0.2, 0) is 14.3 Å². The van der Waals surface area contributed by atoms with Crippen LogP contribution in [-0.4, -0.2) is 23.7 Å². The number of hydrogen-bond acceptors (Lipinski definition) is 3. The Morgan fingerprint density at radius 1 is 1.38 bits per heavy atom. The van der Waals surface area contributed by atoms with Crippen molar-refractivity contribution in [3.8, 4) is 0 Å². The van der Waals surface area contributed by atoms with Crippen LogP contribution in [0.4, 0.5) is 0 Å². The van der Waals surface area contributed by atoms with E-state index >= 15 is 0 Å². The maximum atomic E-state index is 10.9. The van der Waals surface area contributed by atoms with Crippen molar-refractivity contribution in [2.75, 3.05) is 6.61 Å². The first-order valence-corrected chi connectivity index (χ1v) is 4.29. The smallest absolute Gasteiger partial charge is 0.312 e. The predicted molar refractivity (Wildman–Crippen MR) is 47.3 cm³/mol. The van der Waals surface area contributed by atoms with Crippen LogP contribution in [0, 0.1) is 5.41 Å². The van der Waals surface area contributed by atoms with Crippen LogP contribution in [0.3, 0.4) is 0 Å². The van der Waals surface area contributed by atoms with E-state index in [1.807, 2.05) is 6.92 Å². The topological polar surface area (TPSA) is 63.6 Å². The Bertz CT molecular complexity index is 196. The fraction of sp³-hybridized carbons (Fsp3) is 0.778. The molecule has 4 nitrogen and oxygen atoms in total. The number of ether oxygens (including phenoxy) is 1. The largest absolute Gasteiger partial charge is 0.481 e. The molecule has 0 aliphatic carbocycles. The molecule has 0 aromatic carbocycles. The summed E-state index contributed by atoms with van der Waals surface area (Å²) >= 11 is 0. The van der Waals surface area contributed by atoms with E-state index in [1.54, 1.807) is 0 Å². The molecule has 76 valence electrons. The van der Waals surface area contributed by atoms with Gasteiger partial charge >= 0.3 is 11.9 Å². The van der Waals surface area contributed by atoms with Gasteiger partial charge < -0.3 is 9.84 Å². The molecule has 0 spiro atoms. The lowest BCUT2D eigenvalue weighted by molar-refractivity contribution is -0.156. The van der Waals surface area contributed by atoms with Gasteiger partial charge in [-0.1, -0.05) is 6.92 Å². The van der Waals surface area contributed by atoms with Gasteiger partial charge in [0.05, 0.1) is 5.41 Å². The molecule has 0 bridgehead atoms. The Morgan fingerprint density at radius 3 is 2.31 bits per heavy atom. The first-order valence-electron chi connectivity index (χ1n) is 4.29. The van der Waals surface area contributed by atoms with Gasteiger partial charge in [-0.3, -0.25) is 9.59 Å². The molecule has 0 aliphatic heterocycles. The number of esters is 1. The Labute approximate surface area is 77.9 Å². The monoisotopic (exact) mass is 188 g/mol. The minimum absolute atomic E-state index is 0.0683. The van der Waals surface area contributed by atoms with Crippen molar-refractivity contribution in [2.45, 2.75) is 33.6 Å². The minimum Gasteiger partial charge on any atom is -0.481 e. The Balaban J connectivity index is 3.88. The lowest BCUT2D eigenvalue weighted by Crippen LogP contribution is -2.30. The maximum Gasteiger partial charge on any atom is 0.312 e. The fourth-order valence-corrected chi connectivity index (χ4v) is 0.599. The molecule has 4 heteroatoms. The third kappa shape index (κ3) is 4.50. The predicted octanol–water partition coefficient (Wildman–Crippen LogP) is 1.44. The summed E-state index contributed by atoms with van der Waals surface area (Å²) in [5.74, 6) is -1.30. The summed E-state index contributed by atoms with van der Waals surface area (Å²) in [7, 11) is 0. The van der Waals surface area contributed by atoms with Crippen molar-refractivity contribution in [3.05, 3.63) is 0 Å². The lowest BCUT2D eigenvalue weighted by atomic mass is 9.95. The maximum absolute atomic E-state index is 10.9. The van der Waals surface area contributed by atoms with Crippen LogP contribution in [0.5, 0.6) is 0 Å². The molecular weight excluding hydrogens is 172 g/mol. The van der Waals surface area contributed by atoms with Gasteiger partial charge in [0.1, 0.15) is 6.61 Å². The van der Waals surface area contributed by atoms with Crippen LogP contribution < -0.4 is 0 Å². The molecule has 0 amide bonds. The summed E-state index contributed by atoms with van der Waals surface area (Å²) in [4.78, 5) is 21.5. The van der Waals surface area contributed by atoms with E-state index in [0.717, 1.165) is 0 Å². The zero-order valence-corrected chi connectivity index (χ0v) is 8.29. The second-order valence-electron chi connectivity index (χ2n) is 3.60. The van der Waals surface area contributed by atoms with E-state index in [9.17, 15) is 9.59 Å². The summed E-state index contributed by atoms with van der Waals surface area (Å²) in [6.07, 6.45) is 1.06. The van der Waals surface area contributed by atoms with Gasteiger partial charge in [0, 0.05) is 6.42 Å². The highest BCUT2D eigenvalue weighted by Gasteiger charge is 2.28. The van der Waals surface area contributed by atoms with Crippen molar-refractivity contribution in [3.63, 3.8) is 0 Å². The highest BCUT2D eigenvalue weighted by atomic mass is 16.5. The molecule has 0 radical (unpaired) electrons. The molecule has 0 saturated carbocycles. The summed E-state index contributed by atoms with van der Waals surface area (Å²) in [6, 6.07) is 0. The van der Waals surface area contributed by atoms with Crippen LogP contribution >= 0.6 is 0 Å². The Kier molecular flexibility index (Phi) is 4.45. The molecule has 0 saturated heterocycles. The first kappa shape index (κ1) is 11.9. The fourth-order valence-electron chi connectivity index (χ4n) is 0.599. The number of aliphatic carboxylic acids is 1. The summed E-state index contributed by atoms with van der Waals surface area (Å²) in [6.45, 7) is 4.84. The standard InChI is InChI=1S/C9H16O4/c1-4-5-7(10)13-6-9(2,3)8(11)12/h4-6H2,1-3H3,(H,11,12). The van der Waals surface area contributed by atoms with E-state index in [1.165, 1.54) is 13.8 Å². The van der Waals surface area contributed by atoms with Gasteiger partial charge in [-0.25, -0.2) is 0 Å². The average Bonchev–Trinajstić information content (AvgIpc) is 2.01. The number of carboxylic acid groups (broad SMARTS) is 1. The molecule has 0 aromatic heterocycles. The highest BCUT2D eigenvalue weighted by Crippen LogP contribution is 2.15. The molecule has 0 fully saturated rings. The van der Waals surface area contributed by atoms with Crippen molar-refractivity contribution < 1.29 is 19.4 Å². The van der Waals surface area contributed by atoms with E-state index < -0.39 is 11.4 Å². The molecule has 0 unspecified atom stereocenters. The first-order chi connectivity index (χ1) is 5.90. The summed E-state index contributed by atoms with van der Waals surface area (Å²) in [5, 5.41) is 8.69. The van der Waals surface area contributed by atoms with Gasteiger partial charge in [-0.2, -0.15) is 0 Å². The minimum atomic E-state index is -0.997. The second-order valence-corrected chi connectivity index (χ2v) is 3.60. The van der Waals surface area contributed by atoms with Crippen molar-refractivity contribution in [1.82, 2.24) is 0 Å². The molecule has 0 heterocycles. The van der Waals surface area contributed by atoms with Gasteiger partial charge in [0.15, 0.2) is 0 Å². The molecule has 13 heavy (non-hydrogen) atoms. The Hall–Kier alpha value is -1.06. The third-order valence-electron chi connectivity index (χ3n) is 1.63. The van der Waals surface area contributed by atoms with Crippen LogP contribution in [0.2, 0.25) is 0 Å². The SMILES string of the molecule is CCCC(=O)OCC(C)(C)C(=O)O. The second kappa shape index (κ2) is 4.84. The molecular formula is C9H16O4. The van der Waals surface area contributed by atoms with Gasteiger partial charge in [-0.05, 0) is 20.3 Å². The normalized spacial score (nSPS) is 11.0. The Morgan fingerprint density at radius 2 is 1.92 bits per heavy atom. The number of carbonyl (C=O) groups excluding carboxylic acids is 1. The van der Waals surface area contributed by atoms with Gasteiger partial charge in [-0.15, -0.1) is 0 Å². The molecule has 0 aromatic rings. The van der Waals surface area contributed by atoms with Crippen LogP contribution in [0.25, 0.3) is 0 Å². The zero-order chi connectivity index (χ0) is 10.5. The molecule has 0 rings (SSSR count). The summed E-state index contributed by atoms with van der Waals surface area (Å²) in [5.41, 5.74) is -0.997. The number of carbonyl (C=O) groups is 2. The van der Waals surface area contributed by atoms with Crippen LogP contribution in [0.1, 0.15) is 33.6 Å². The van der Waals surface area contributed by atoms with Crippen molar-refractivity contribution in [2.24, 2.45) is 5.41 Å². The van der Waals surface area contributed by atoms with Gasteiger partial charge in [0.2, 0.25) is 0 Å². The molecule has 1 N–H and O–H groups in total. The summed E-state index contributed by atoms with van der Waals surface area (Å²) < 4.78 is 4.79. The number of rotatable bonds is 5. The van der Waals surface area contributed by atoms with E-state index in [-0.39, 0.29) is 12.6 Å². The van der Waals surface area contributed by atoms with Gasteiger partial charge in [0.25, 0.3) is 0 Å². The van der Waals surface area contributed by atoms with E-state index in [0.29, 0.717) is 12.8 Å². The lowest BCUT2D eigenvalue weighted by Gasteiger charge is -2.18.